The summed E-state index contributed by atoms with van der Waals surface area (Å²) in [5, 5.41) is 15.6. The number of hydrogen-bond donors (Lipinski definition) is 1. The van der Waals surface area contributed by atoms with Gasteiger partial charge in [-0.2, -0.15) is 0 Å². The maximum absolute atomic E-state index is 10.8. The highest BCUT2D eigenvalue weighted by molar-refractivity contribution is 6.35. The first kappa shape index (κ1) is 14.3. The highest BCUT2D eigenvalue weighted by Gasteiger charge is 2.10. The summed E-state index contributed by atoms with van der Waals surface area (Å²) in [4.78, 5) is 14.7. The minimum atomic E-state index is -0.404. The third-order valence-electron chi connectivity index (χ3n) is 3.41. The fraction of sp³-hybridized carbons (Fsp3) is 0.0625. The second kappa shape index (κ2) is 5.61. The van der Waals surface area contributed by atoms with Crippen LogP contribution in [0.4, 0.5) is 17.1 Å². The second-order valence-electron chi connectivity index (χ2n) is 4.88. The van der Waals surface area contributed by atoms with Gasteiger partial charge in [0.25, 0.3) is 5.69 Å². The molecule has 0 radical (unpaired) electrons. The standard InChI is InChI=1S/C16H12ClN3O2/c1-10-9-11(20(21)22)5-6-14(10)19-15-7-8-18-16-12(15)3-2-4-13(16)17/h2-9H,1H3,(H,18,19). The average Bonchev–Trinajstić information content (AvgIpc) is 2.50. The Hall–Kier alpha value is -2.66. The zero-order valence-electron chi connectivity index (χ0n) is 11.7. The van der Waals surface area contributed by atoms with Crippen LogP contribution < -0.4 is 5.32 Å². The molecular weight excluding hydrogens is 302 g/mol. The maximum atomic E-state index is 10.8. The molecule has 0 aliphatic rings. The zero-order valence-corrected chi connectivity index (χ0v) is 12.5. The molecule has 1 N–H and O–H groups in total. The van der Waals surface area contributed by atoms with Crippen molar-refractivity contribution in [2.75, 3.05) is 5.32 Å². The van der Waals surface area contributed by atoms with E-state index in [1.54, 1.807) is 24.4 Å². The number of fused-ring (bicyclic) bond motifs is 1. The molecule has 110 valence electrons. The molecule has 0 fully saturated rings. The van der Waals surface area contributed by atoms with Crippen LogP contribution in [0.5, 0.6) is 0 Å². The largest absolute Gasteiger partial charge is 0.355 e. The Kier molecular flexibility index (Phi) is 3.65. The van der Waals surface area contributed by atoms with Gasteiger partial charge in [-0.15, -0.1) is 0 Å². The minimum Gasteiger partial charge on any atom is -0.355 e. The van der Waals surface area contributed by atoms with Gasteiger partial charge in [0, 0.05) is 35.1 Å². The molecule has 1 heterocycles. The Labute approximate surface area is 131 Å². The van der Waals surface area contributed by atoms with Crippen molar-refractivity contribution in [1.29, 1.82) is 0 Å². The van der Waals surface area contributed by atoms with Crippen molar-refractivity contribution < 1.29 is 4.92 Å². The Morgan fingerprint density at radius 1 is 1.18 bits per heavy atom. The predicted octanol–water partition coefficient (Wildman–Crippen LogP) is 4.85. The molecule has 0 spiro atoms. The van der Waals surface area contributed by atoms with E-state index in [9.17, 15) is 10.1 Å². The van der Waals surface area contributed by atoms with Crippen LogP contribution in [0.1, 0.15) is 5.56 Å². The summed E-state index contributed by atoms with van der Waals surface area (Å²) in [6, 6.07) is 12.1. The van der Waals surface area contributed by atoms with E-state index in [2.05, 4.69) is 10.3 Å². The number of para-hydroxylation sites is 1. The van der Waals surface area contributed by atoms with E-state index in [0.717, 1.165) is 22.3 Å². The number of nitrogens with zero attached hydrogens (tertiary/aromatic N) is 2. The molecular formula is C16H12ClN3O2. The van der Waals surface area contributed by atoms with Crippen LogP contribution in [0.3, 0.4) is 0 Å². The number of benzene rings is 2. The average molecular weight is 314 g/mol. The Balaban J connectivity index is 2.04. The van der Waals surface area contributed by atoms with Gasteiger partial charge in [-0.3, -0.25) is 15.1 Å². The fourth-order valence-corrected chi connectivity index (χ4v) is 2.52. The summed E-state index contributed by atoms with van der Waals surface area (Å²) in [5.74, 6) is 0. The topological polar surface area (TPSA) is 68.1 Å². The van der Waals surface area contributed by atoms with Crippen molar-refractivity contribution in [2.45, 2.75) is 6.92 Å². The lowest BCUT2D eigenvalue weighted by Gasteiger charge is -2.12. The number of anilines is 2. The molecule has 0 aliphatic heterocycles. The smallest absolute Gasteiger partial charge is 0.269 e. The molecule has 5 nitrogen and oxygen atoms in total. The fourth-order valence-electron chi connectivity index (χ4n) is 2.30. The lowest BCUT2D eigenvalue weighted by molar-refractivity contribution is -0.384. The van der Waals surface area contributed by atoms with E-state index >= 15 is 0 Å². The molecule has 6 heteroatoms. The molecule has 0 bridgehead atoms. The predicted molar refractivity (Wildman–Crippen MR) is 87.9 cm³/mol. The molecule has 0 saturated heterocycles. The van der Waals surface area contributed by atoms with Crippen molar-refractivity contribution in [3.63, 3.8) is 0 Å². The van der Waals surface area contributed by atoms with Gasteiger partial charge in [0.05, 0.1) is 15.5 Å². The second-order valence-corrected chi connectivity index (χ2v) is 5.28. The quantitative estimate of drug-likeness (QED) is 0.554. The number of nitro groups is 1. The maximum Gasteiger partial charge on any atom is 0.269 e. The van der Waals surface area contributed by atoms with Gasteiger partial charge < -0.3 is 5.32 Å². The summed E-state index contributed by atoms with van der Waals surface area (Å²) >= 11 is 6.15. The third kappa shape index (κ3) is 2.58. The molecule has 0 amide bonds. The van der Waals surface area contributed by atoms with Crippen molar-refractivity contribution in [2.24, 2.45) is 0 Å². The molecule has 2 aromatic carbocycles. The van der Waals surface area contributed by atoms with Gasteiger partial charge in [0.1, 0.15) is 0 Å². The van der Waals surface area contributed by atoms with E-state index in [1.807, 2.05) is 25.1 Å². The molecule has 3 aromatic rings. The summed E-state index contributed by atoms with van der Waals surface area (Å²) in [6.45, 7) is 1.83. The van der Waals surface area contributed by atoms with E-state index < -0.39 is 4.92 Å². The Morgan fingerprint density at radius 2 is 2.00 bits per heavy atom. The number of hydrogen-bond acceptors (Lipinski definition) is 4. The van der Waals surface area contributed by atoms with Crippen LogP contribution in [0.15, 0.2) is 48.7 Å². The van der Waals surface area contributed by atoms with Crippen molar-refractivity contribution in [3.05, 3.63) is 69.4 Å². The molecule has 0 unspecified atom stereocenters. The number of aryl methyl sites for hydroxylation is 1. The lowest BCUT2D eigenvalue weighted by Crippen LogP contribution is -1.96. The monoisotopic (exact) mass is 313 g/mol. The first-order valence-corrected chi connectivity index (χ1v) is 6.99. The number of pyridine rings is 1. The first-order chi connectivity index (χ1) is 10.6. The number of nitro benzene ring substituents is 1. The SMILES string of the molecule is Cc1cc([N+](=O)[O-])ccc1Nc1ccnc2c(Cl)cccc12. The number of aromatic nitrogens is 1. The van der Waals surface area contributed by atoms with Crippen LogP contribution in [-0.4, -0.2) is 9.91 Å². The van der Waals surface area contributed by atoms with Crippen molar-refractivity contribution in [1.82, 2.24) is 4.98 Å². The molecule has 22 heavy (non-hydrogen) atoms. The first-order valence-electron chi connectivity index (χ1n) is 6.61. The zero-order chi connectivity index (χ0) is 15.7. The third-order valence-corrected chi connectivity index (χ3v) is 3.72. The van der Waals surface area contributed by atoms with Crippen LogP contribution >= 0.6 is 11.6 Å². The molecule has 1 aromatic heterocycles. The van der Waals surface area contributed by atoms with Crippen LogP contribution in [-0.2, 0) is 0 Å². The number of halogens is 1. The van der Waals surface area contributed by atoms with E-state index in [4.69, 9.17) is 11.6 Å². The summed E-state index contributed by atoms with van der Waals surface area (Å²) in [7, 11) is 0. The molecule has 0 aliphatic carbocycles. The minimum absolute atomic E-state index is 0.0747. The van der Waals surface area contributed by atoms with Crippen LogP contribution in [0, 0.1) is 17.0 Å². The van der Waals surface area contributed by atoms with Crippen LogP contribution in [0.2, 0.25) is 5.02 Å². The number of nitrogens with one attached hydrogen (secondary N) is 1. The molecule has 3 rings (SSSR count). The molecule has 0 saturated carbocycles. The van der Waals surface area contributed by atoms with Gasteiger partial charge in [-0.25, -0.2) is 0 Å². The Morgan fingerprint density at radius 3 is 2.73 bits per heavy atom. The number of non-ortho nitro benzene ring substituents is 1. The van der Waals surface area contributed by atoms with Crippen molar-refractivity contribution in [3.8, 4) is 0 Å². The van der Waals surface area contributed by atoms with Gasteiger partial charge in [0.2, 0.25) is 0 Å². The normalized spacial score (nSPS) is 10.6. The van der Waals surface area contributed by atoms with Crippen LogP contribution in [0.25, 0.3) is 10.9 Å². The van der Waals surface area contributed by atoms with E-state index in [0.29, 0.717) is 10.5 Å². The van der Waals surface area contributed by atoms with Gasteiger partial charge >= 0.3 is 0 Å². The van der Waals surface area contributed by atoms with E-state index in [-0.39, 0.29) is 5.69 Å². The van der Waals surface area contributed by atoms with E-state index in [1.165, 1.54) is 6.07 Å². The van der Waals surface area contributed by atoms with Gasteiger partial charge in [-0.1, -0.05) is 23.7 Å². The summed E-state index contributed by atoms with van der Waals surface area (Å²) < 4.78 is 0. The Bertz CT molecular complexity index is 880. The van der Waals surface area contributed by atoms with Crippen molar-refractivity contribution >= 4 is 39.6 Å². The van der Waals surface area contributed by atoms with Gasteiger partial charge in [-0.05, 0) is 30.7 Å². The highest BCUT2D eigenvalue weighted by atomic mass is 35.5. The highest BCUT2D eigenvalue weighted by Crippen LogP contribution is 2.31. The molecule has 0 atom stereocenters. The van der Waals surface area contributed by atoms with Gasteiger partial charge in [0.15, 0.2) is 0 Å². The summed E-state index contributed by atoms with van der Waals surface area (Å²) in [5.41, 5.74) is 3.24. The number of rotatable bonds is 3. The summed E-state index contributed by atoms with van der Waals surface area (Å²) in [6.07, 6.45) is 1.68. The lowest BCUT2D eigenvalue weighted by atomic mass is 10.1.